The molecule has 0 unspecified atom stereocenters. The van der Waals surface area contributed by atoms with Crippen molar-refractivity contribution in [3.05, 3.63) is 48.3 Å². The molecule has 106 valence electrons. The van der Waals surface area contributed by atoms with Gasteiger partial charge in [-0.25, -0.2) is 4.39 Å². The predicted octanol–water partition coefficient (Wildman–Crippen LogP) is 3.26. The quantitative estimate of drug-likeness (QED) is 0.800. The van der Waals surface area contributed by atoms with E-state index in [0.29, 0.717) is 16.9 Å². The first-order valence-corrected chi connectivity index (χ1v) is 6.14. The molecule has 0 atom stereocenters. The minimum Gasteiger partial charge on any atom is -0.507 e. The Bertz CT molecular complexity index is 786. The minimum atomic E-state index is -0.383. The van der Waals surface area contributed by atoms with Gasteiger partial charge < -0.3 is 14.4 Å². The lowest BCUT2D eigenvalue weighted by Gasteiger charge is -2.02. The van der Waals surface area contributed by atoms with Crippen molar-refractivity contribution in [2.24, 2.45) is 0 Å². The van der Waals surface area contributed by atoms with Crippen molar-refractivity contribution >= 4 is 0 Å². The van der Waals surface area contributed by atoms with Gasteiger partial charge in [0.1, 0.15) is 17.3 Å². The van der Waals surface area contributed by atoms with Crippen LogP contribution in [0.25, 0.3) is 22.8 Å². The molecular weight excluding hydrogens is 275 g/mol. The summed E-state index contributed by atoms with van der Waals surface area (Å²) in [4.78, 5) is 4.16. The molecule has 2 aromatic carbocycles. The van der Waals surface area contributed by atoms with E-state index in [0.717, 1.165) is 0 Å². The number of rotatable bonds is 3. The van der Waals surface area contributed by atoms with Gasteiger partial charge >= 0.3 is 0 Å². The van der Waals surface area contributed by atoms with Crippen LogP contribution in [0.3, 0.4) is 0 Å². The summed E-state index contributed by atoms with van der Waals surface area (Å²) < 4.78 is 23.3. The van der Waals surface area contributed by atoms with E-state index in [9.17, 15) is 9.50 Å². The van der Waals surface area contributed by atoms with E-state index >= 15 is 0 Å². The molecule has 1 heterocycles. The van der Waals surface area contributed by atoms with E-state index < -0.39 is 0 Å². The molecule has 0 bridgehead atoms. The molecule has 0 aliphatic heterocycles. The van der Waals surface area contributed by atoms with Crippen molar-refractivity contribution in [2.45, 2.75) is 0 Å². The van der Waals surface area contributed by atoms with Crippen molar-refractivity contribution in [3.63, 3.8) is 0 Å². The third-order valence-electron chi connectivity index (χ3n) is 2.94. The van der Waals surface area contributed by atoms with E-state index in [2.05, 4.69) is 10.1 Å². The number of benzene rings is 2. The molecule has 0 saturated heterocycles. The summed E-state index contributed by atoms with van der Waals surface area (Å²) in [5, 5.41) is 13.7. The van der Waals surface area contributed by atoms with E-state index in [1.807, 2.05) is 0 Å². The maximum Gasteiger partial charge on any atom is 0.262 e. The highest BCUT2D eigenvalue weighted by molar-refractivity contribution is 5.66. The van der Waals surface area contributed by atoms with Crippen molar-refractivity contribution in [1.82, 2.24) is 10.1 Å². The van der Waals surface area contributed by atoms with Gasteiger partial charge in [0.05, 0.1) is 12.7 Å². The number of aromatic hydroxyl groups is 1. The Morgan fingerprint density at radius 2 is 2.05 bits per heavy atom. The van der Waals surface area contributed by atoms with Gasteiger partial charge in [-0.2, -0.15) is 4.98 Å². The van der Waals surface area contributed by atoms with Crippen LogP contribution >= 0.6 is 0 Å². The number of methoxy groups -OCH3 is 1. The van der Waals surface area contributed by atoms with Crippen LogP contribution in [0.2, 0.25) is 0 Å². The maximum absolute atomic E-state index is 13.2. The summed E-state index contributed by atoms with van der Waals surface area (Å²) >= 11 is 0. The molecule has 5 nitrogen and oxygen atoms in total. The largest absolute Gasteiger partial charge is 0.507 e. The molecule has 21 heavy (non-hydrogen) atoms. The average Bonchev–Trinajstić information content (AvgIpc) is 2.96. The molecule has 0 fully saturated rings. The van der Waals surface area contributed by atoms with Gasteiger partial charge in [0.15, 0.2) is 0 Å². The summed E-state index contributed by atoms with van der Waals surface area (Å²) in [6.07, 6.45) is 0. The average molecular weight is 286 g/mol. The van der Waals surface area contributed by atoms with Crippen LogP contribution in [0, 0.1) is 5.82 Å². The number of hydrogen-bond acceptors (Lipinski definition) is 5. The van der Waals surface area contributed by atoms with Crippen LogP contribution in [0.1, 0.15) is 0 Å². The first-order chi connectivity index (χ1) is 10.2. The van der Waals surface area contributed by atoms with Crippen molar-refractivity contribution < 1.29 is 18.8 Å². The topological polar surface area (TPSA) is 68.4 Å². The fraction of sp³-hybridized carbons (Fsp3) is 0.0667. The smallest absolute Gasteiger partial charge is 0.262 e. The lowest BCUT2D eigenvalue weighted by atomic mass is 10.2. The Kier molecular flexibility index (Phi) is 3.27. The summed E-state index contributed by atoms with van der Waals surface area (Å²) in [5.41, 5.74) is 0.879. The van der Waals surface area contributed by atoms with E-state index in [1.54, 1.807) is 24.3 Å². The second-order valence-electron chi connectivity index (χ2n) is 4.32. The van der Waals surface area contributed by atoms with Crippen molar-refractivity contribution in [3.8, 4) is 34.3 Å². The van der Waals surface area contributed by atoms with E-state index in [1.165, 1.54) is 25.3 Å². The number of nitrogens with zero attached hydrogens (tertiary/aromatic N) is 2. The number of phenols is 1. The Morgan fingerprint density at radius 3 is 2.76 bits per heavy atom. The molecule has 1 aromatic heterocycles. The molecule has 0 aliphatic carbocycles. The Labute approximate surface area is 119 Å². The third kappa shape index (κ3) is 2.55. The van der Waals surface area contributed by atoms with Crippen LogP contribution in [-0.2, 0) is 0 Å². The Morgan fingerprint density at radius 1 is 1.19 bits per heavy atom. The Balaban J connectivity index is 1.98. The number of halogens is 1. The van der Waals surface area contributed by atoms with Crippen LogP contribution in [-0.4, -0.2) is 22.4 Å². The van der Waals surface area contributed by atoms with Crippen LogP contribution in [0.4, 0.5) is 4.39 Å². The molecule has 0 radical (unpaired) electrons. The molecule has 3 aromatic rings. The van der Waals surface area contributed by atoms with Crippen LogP contribution in [0.15, 0.2) is 47.0 Å². The predicted molar refractivity (Wildman–Crippen MR) is 73.3 cm³/mol. The molecule has 1 N–H and O–H groups in total. The molecule has 0 amide bonds. The highest BCUT2D eigenvalue weighted by Crippen LogP contribution is 2.32. The second-order valence-corrected chi connectivity index (χ2v) is 4.32. The lowest BCUT2D eigenvalue weighted by molar-refractivity contribution is 0.405. The third-order valence-corrected chi connectivity index (χ3v) is 2.94. The standard InChI is InChI=1S/C15H11FN2O3/c1-20-11-5-6-12(13(19)8-11)15-17-14(18-21-15)9-3-2-4-10(16)7-9/h2-8,19H,1H3. The summed E-state index contributed by atoms with van der Waals surface area (Å²) in [6.45, 7) is 0. The highest BCUT2D eigenvalue weighted by Gasteiger charge is 2.14. The van der Waals surface area contributed by atoms with E-state index in [-0.39, 0.29) is 23.3 Å². The van der Waals surface area contributed by atoms with Gasteiger partial charge in [0, 0.05) is 11.6 Å². The second kappa shape index (κ2) is 5.24. The van der Waals surface area contributed by atoms with Crippen molar-refractivity contribution in [1.29, 1.82) is 0 Å². The van der Waals surface area contributed by atoms with Gasteiger partial charge in [-0.15, -0.1) is 0 Å². The monoisotopic (exact) mass is 286 g/mol. The van der Waals surface area contributed by atoms with Gasteiger partial charge in [0.25, 0.3) is 5.89 Å². The van der Waals surface area contributed by atoms with Gasteiger partial charge in [-0.05, 0) is 24.3 Å². The summed E-state index contributed by atoms with van der Waals surface area (Å²) in [7, 11) is 1.50. The zero-order valence-electron chi connectivity index (χ0n) is 11.1. The van der Waals surface area contributed by atoms with Gasteiger partial charge in [0.2, 0.25) is 5.82 Å². The molecule has 6 heteroatoms. The lowest BCUT2D eigenvalue weighted by Crippen LogP contribution is -1.85. The summed E-state index contributed by atoms with van der Waals surface area (Å²) in [5.74, 6) is 0.491. The van der Waals surface area contributed by atoms with E-state index in [4.69, 9.17) is 9.26 Å². The molecule has 0 saturated carbocycles. The number of ether oxygens (including phenoxy) is 1. The zero-order chi connectivity index (χ0) is 14.8. The number of aromatic nitrogens is 2. The van der Waals surface area contributed by atoms with Crippen LogP contribution < -0.4 is 4.74 Å². The maximum atomic E-state index is 13.2. The van der Waals surface area contributed by atoms with Crippen LogP contribution in [0.5, 0.6) is 11.5 Å². The zero-order valence-corrected chi connectivity index (χ0v) is 11.1. The molecule has 0 aliphatic rings. The SMILES string of the molecule is COc1ccc(-c2nc(-c3cccc(F)c3)no2)c(O)c1. The fourth-order valence-corrected chi connectivity index (χ4v) is 1.90. The van der Waals surface area contributed by atoms with Gasteiger partial charge in [-0.3, -0.25) is 0 Å². The Hall–Kier alpha value is -2.89. The first-order valence-electron chi connectivity index (χ1n) is 6.14. The van der Waals surface area contributed by atoms with Crippen molar-refractivity contribution in [2.75, 3.05) is 7.11 Å². The normalized spacial score (nSPS) is 10.6. The number of phenolic OH excluding ortho intramolecular Hbond substituents is 1. The molecular formula is C15H11FN2O3. The van der Waals surface area contributed by atoms with Gasteiger partial charge in [-0.1, -0.05) is 17.3 Å². The number of hydrogen-bond donors (Lipinski definition) is 1. The fourth-order valence-electron chi connectivity index (χ4n) is 1.90. The summed E-state index contributed by atoms with van der Waals surface area (Å²) in [6, 6.07) is 10.6. The minimum absolute atomic E-state index is 0.0382. The first kappa shape index (κ1) is 13.1. The highest BCUT2D eigenvalue weighted by atomic mass is 19.1. The molecule has 0 spiro atoms. The molecule has 3 rings (SSSR count).